The van der Waals surface area contributed by atoms with Crippen LogP contribution in [0.25, 0.3) is 13.2 Å². The van der Waals surface area contributed by atoms with E-state index in [-0.39, 0.29) is 0 Å². The predicted octanol–water partition coefficient (Wildman–Crippen LogP) is -0.725. The Morgan fingerprint density at radius 1 is 1.55 bits per heavy atom. The van der Waals surface area contributed by atoms with Crippen LogP contribution in [0, 0.1) is 0 Å². The van der Waals surface area contributed by atoms with Crippen molar-refractivity contribution in [2.24, 2.45) is 0 Å². The molecule has 0 bridgehead atoms. The third-order valence-electron chi connectivity index (χ3n) is 2.00. The number of aromatic nitrogens is 2. The van der Waals surface area contributed by atoms with Crippen molar-refractivity contribution in [1.29, 1.82) is 0 Å². The summed E-state index contributed by atoms with van der Waals surface area (Å²) in [6, 6.07) is 0.436. The Morgan fingerprint density at radius 3 is 2.64 bits per heavy atom. The molecule has 1 aromatic rings. The van der Waals surface area contributed by atoms with Crippen LogP contribution in [0.1, 0.15) is 6.04 Å². The lowest BCUT2D eigenvalue weighted by molar-refractivity contribution is -0.0244. The Kier molecular flexibility index (Phi) is 1.32. The highest BCUT2D eigenvalue weighted by molar-refractivity contribution is 5.05. The van der Waals surface area contributed by atoms with Gasteiger partial charge >= 0.3 is 0 Å². The molecule has 58 valence electrons. The van der Waals surface area contributed by atoms with Crippen molar-refractivity contribution in [3.8, 4) is 0 Å². The first-order valence-electron chi connectivity index (χ1n) is 3.57. The molecule has 0 N–H and O–H groups in total. The number of rotatable bonds is 1. The van der Waals surface area contributed by atoms with Gasteiger partial charge in [0.15, 0.2) is 0 Å². The van der Waals surface area contributed by atoms with Crippen molar-refractivity contribution in [2.75, 3.05) is 13.2 Å². The molecule has 3 nitrogen and oxygen atoms in total. The monoisotopic (exact) mass is 150 g/mol. The van der Waals surface area contributed by atoms with E-state index in [1.165, 1.54) is 0 Å². The van der Waals surface area contributed by atoms with Crippen molar-refractivity contribution >= 4 is 13.2 Å². The van der Waals surface area contributed by atoms with Gasteiger partial charge < -0.3 is 9.30 Å². The average molecular weight is 150 g/mol. The van der Waals surface area contributed by atoms with Crippen molar-refractivity contribution in [3.63, 3.8) is 0 Å². The number of hydrogen-bond donors (Lipinski definition) is 0. The van der Waals surface area contributed by atoms with Gasteiger partial charge in [-0.15, -0.1) is 0 Å². The molecule has 1 fully saturated rings. The third kappa shape index (κ3) is 0.886. The quantitative estimate of drug-likeness (QED) is 0.528. The van der Waals surface area contributed by atoms with Crippen molar-refractivity contribution in [2.45, 2.75) is 6.04 Å². The topological polar surface area (TPSA) is 27.1 Å². The summed E-state index contributed by atoms with van der Waals surface area (Å²) in [6.07, 6.45) is 1.78. The minimum Gasteiger partial charge on any atom is -0.377 e. The number of nitrogens with zero attached hydrogens (tertiary/aromatic N) is 2. The maximum atomic E-state index is 5.06. The molecule has 1 aliphatic rings. The normalized spacial score (nSPS) is 18.2. The number of ether oxygens (including phenoxy) is 1. The van der Waals surface area contributed by atoms with Crippen LogP contribution in [-0.2, 0) is 4.74 Å². The molecular weight excluding hydrogens is 140 g/mol. The minimum atomic E-state index is 0.436. The van der Waals surface area contributed by atoms with Crippen molar-refractivity contribution in [1.82, 2.24) is 9.55 Å². The van der Waals surface area contributed by atoms with Gasteiger partial charge in [0.05, 0.1) is 36.3 Å². The predicted molar refractivity (Wildman–Crippen MR) is 42.4 cm³/mol. The summed E-state index contributed by atoms with van der Waals surface area (Å²) in [5, 5.41) is 1.66. The zero-order valence-electron chi connectivity index (χ0n) is 6.29. The lowest BCUT2D eigenvalue weighted by atomic mass is 10.2. The molecule has 11 heavy (non-hydrogen) atoms. The molecular formula is C8H10N2O. The fourth-order valence-corrected chi connectivity index (χ4v) is 1.12. The number of imidazole rings is 1. The van der Waals surface area contributed by atoms with Gasteiger partial charge in [-0.05, 0) is 0 Å². The van der Waals surface area contributed by atoms with E-state index in [2.05, 4.69) is 18.1 Å². The molecule has 1 aromatic heterocycles. The summed E-state index contributed by atoms with van der Waals surface area (Å²) in [5.41, 5.74) is 0. The molecule has 1 saturated heterocycles. The summed E-state index contributed by atoms with van der Waals surface area (Å²) >= 11 is 0. The molecule has 0 atom stereocenters. The Bertz CT molecular complexity index is 351. The van der Waals surface area contributed by atoms with Crippen LogP contribution in [0.5, 0.6) is 0 Å². The summed E-state index contributed by atoms with van der Waals surface area (Å²) in [5.74, 6) is 0. The zero-order chi connectivity index (χ0) is 7.84. The maximum absolute atomic E-state index is 5.06. The summed E-state index contributed by atoms with van der Waals surface area (Å²) in [6.45, 7) is 9.16. The molecule has 0 amide bonds. The van der Waals surface area contributed by atoms with E-state index in [1.807, 2.05) is 4.57 Å². The Labute approximate surface area is 64.6 Å². The van der Waals surface area contributed by atoms with E-state index in [4.69, 9.17) is 4.74 Å². The molecule has 0 aliphatic carbocycles. The first-order chi connectivity index (χ1) is 5.29. The van der Waals surface area contributed by atoms with Gasteiger partial charge in [0.25, 0.3) is 0 Å². The van der Waals surface area contributed by atoms with Gasteiger partial charge in [-0.1, -0.05) is 13.2 Å². The largest absolute Gasteiger partial charge is 0.377 e. The highest BCUT2D eigenvalue weighted by Crippen LogP contribution is 2.12. The molecule has 0 unspecified atom stereocenters. The van der Waals surface area contributed by atoms with Crippen LogP contribution in [0.4, 0.5) is 0 Å². The summed E-state index contributed by atoms with van der Waals surface area (Å²) < 4.78 is 7.08. The van der Waals surface area contributed by atoms with E-state index >= 15 is 0 Å². The molecule has 0 radical (unpaired) electrons. The van der Waals surface area contributed by atoms with E-state index in [0.29, 0.717) is 6.04 Å². The third-order valence-corrected chi connectivity index (χ3v) is 2.00. The van der Waals surface area contributed by atoms with Crippen LogP contribution in [0.3, 0.4) is 0 Å². The van der Waals surface area contributed by atoms with Gasteiger partial charge in [-0.2, -0.15) is 0 Å². The highest BCUT2D eigenvalue weighted by atomic mass is 16.5. The van der Waals surface area contributed by atoms with Crippen LogP contribution in [0.15, 0.2) is 6.33 Å². The van der Waals surface area contributed by atoms with Crippen LogP contribution in [-0.4, -0.2) is 22.8 Å². The molecule has 0 saturated carbocycles. The standard InChI is InChI=1S/C8H10N2O/c1-6-7(2)10(5-9-6)8-3-11-4-8/h5,8H,1-4H2. The fraction of sp³-hybridized carbons (Fsp3) is 0.375. The molecule has 0 spiro atoms. The minimum absolute atomic E-state index is 0.436. The van der Waals surface area contributed by atoms with Gasteiger partial charge in [0.2, 0.25) is 0 Å². The van der Waals surface area contributed by atoms with Gasteiger partial charge in [-0.25, -0.2) is 4.98 Å². The van der Waals surface area contributed by atoms with Crippen molar-refractivity contribution in [3.05, 3.63) is 17.0 Å². The SMILES string of the molecule is C=c1ncn(C2COC2)c1=C. The van der Waals surface area contributed by atoms with Gasteiger partial charge in [-0.3, -0.25) is 0 Å². The molecule has 2 rings (SSSR count). The lowest BCUT2D eigenvalue weighted by Gasteiger charge is -2.27. The van der Waals surface area contributed by atoms with E-state index in [9.17, 15) is 0 Å². The Balaban J connectivity index is 2.44. The summed E-state index contributed by atoms with van der Waals surface area (Å²) in [7, 11) is 0. The van der Waals surface area contributed by atoms with Crippen LogP contribution in [0.2, 0.25) is 0 Å². The molecule has 3 heteroatoms. The molecule has 2 heterocycles. The molecule has 1 aliphatic heterocycles. The van der Waals surface area contributed by atoms with E-state index < -0.39 is 0 Å². The Hall–Kier alpha value is -1.09. The second-order valence-corrected chi connectivity index (χ2v) is 2.74. The van der Waals surface area contributed by atoms with Crippen molar-refractivity contribution < 1.29 is 4.74 Å². The lowest BCUT2D eigenvalue weighted by Crippen LogP contribution is -2.38. The van der Waals surface area contributed by atoms with E-state index in [1.54, 1.807) is 6.33 Å². The first-order valence-corrected chi connectivity index (χ1v) is 3.57. The average Bonchev–Trinajstić information content (AvgIpc) is 2.15. The Morgan fingerprint density at radius 2 is 2.27 bits per heavy atom. The summed E-state index contributed by atoms with van der Waals surface area (Å²) in [4.78, 5) is 4.05. The second kappa shape index (κ2) is 2.20. The maximum Gasteiger partial charge on any atom is 0.0962 e. The second-order valence-electron chi connectivity index (χ2n) is 2.74. The van der Waals surface area contributed by atoms with Gasteiger partial charge in [0.1, 0.15) is 0 Å². The highest BCUT2D eigenvalue weighted by Gasteiger charge is 2.20. The van der Waals surface area contributed by atoms with E-state index in [0.717, 1.165) is 23.9 Å². The zero-order valence-corrected chi connectivity index (χ0v) is 6.29. The molecule has 0 aromatic carbocycles. The smallest absolute Gasteiger partial charge is 0.0962 e. The first kappa shape index (κ1) is 6.61. The number of hydrogen-bond acceptors (Lipinski definition) is 2. The fourth-order valence-electron chi connectivity index (χ4n) is 1.12. The van der Waals surface area contributed by atoms with Gasteiger partial charge in [0, 0.05) is 0 Å². The van der Waals surface area contributed by atoms with Crippen LogP contribution < -0.4 is 10.7 Å². The van der Waals surface area contributed by atoms with Crippen LogP contribution >= 0.6 is 0 Å².